The van der Waals surface area contributed by atoms with Crippen molar-refractivity contribution in [2.24, 2.45) is 0 Å². The number of aromatic nitrogens is 5. The van der Waals surface area contributed by atoms with Crippen LogP contribution >= 0.6 is 0 Å². The Kier molecular flexibility index (Phi) is 3.70. The van der Waals surface area contributed by atoms with Gasteiger partial charge in [-0.1, -0.05) is 6.07 Å². The minimum absolute atomic E-state index is 0.109. The van der Waals surface area contributed by atoms with Crippen molar-refractivity contribution in [1.29, 1.82) is 0 Å². The van der Waals surface area contributed by atoms with Gasteiger partial charge in [-0.15, -0.1) is 10.2 Å². The lowest BCUT2D eigenvalue weighted by atomic mass is 10.3. The van der Waals surface area contributed by atoms with Crippen LogP contribution in [0.15, 0.2) is 36.9 Å². The third-order valence-electron chi connectivity index (χ3n) is 3.62. The number of pyridine rings is 1. The average Bonchev–Trinajstić information content (AvgIpc) is 3.11. The molecule has 3 aromatic heterocycles. The molecular weight excluding hydrogens is 264 g/mol. The second-order valence-corrected chi connectivity index (χ2v) is 5.48. The van der Waals surface area contributed by atoms with Crippen LogP contribution in [0.2, 0.25) is 0 Å². The Hall–Kier alpha value is -2.21. The highest BCUT2D eigenvalue weighted by Crippen LogP contribution is 2.14. The first-order chi connectivity index (χ1) is 10.2. The Morgan fingerprint density at radius 1 is 1.19 bits per heavy atom. The van der Waals surface area contributed by atoms with Gasteiger partial charge in [0.25, 0.3) is 0 Å². The van der Waals surface area contributed by atoms with Gasteiger partial charge in [-0.2, -0.15) is 0 Å². The molecule has 0 saturated carbocycles. The number of nitrogens with one attached hydrogen (secondary N) is 1. The van der Waals surface area contributed by atoms with E-state index in [0.717, 1.165) is 18.0 Å². The molecule has 3 heterocycles. The third-order valence-corrected chi connectivity index (χ3v) is 3.62. The van der Waals surface area contributed by atoms with Gasteiger partial charge < -0.3 is 9.88 Å². The fourth-order valence-electron chi connectivity index (χ4n) is 2.44. The van der Waals surface area contributed by atoms with E-state index in [0.29, 0.717) is 6.04 Å². The van der Waals surface area contributed by atoms with Crippen LogP contribution in [0.5, 0.6) is 0 Å². The van der Waals surface area contributed by atoms with Crippen LogP contribution in [0.4, 0.5) is 0 Å². The van der Waals surface area contributed by atoms with Gasteiger partial charge in [-0.25, -0.2) is 4.98 Å². The van der Waals surface area contributed by atoms with Gasteiger partial charge in [-0.3, -0.25) is 4.40 Å². The molecule has 21 heavy (non-hydrogen) atoms. The Labute approximate surface area is 123 Å². The van der Waals surface area contributed by atoms with E-state index in [2.05, 4.69) is 45.8 Å². The lowest BCUT2D eigenvalue weighted by Crippen LogP contribution is -2.22. The van der Waals surface area contributed by atoms with E-state index in [4.69, 9.17) is 0 Å². The number of imidazole rings is 1. The Bertz CT molecular complexity index is 726. The highest BCUT2D eigenvalue weighted by molar-refractivity contribution is 5.37. The summed E-state index contributed by atoms with van der Waals surface area (Å²) >= 11 is 0. The largest absolute Gasteiger partial charge is 0.331 e. The van der Waals surface area contributed by atoms with Crippen LogP contribution in [-0.4, -0.2) is 24.1 Å². The first-order valence-corrected chi connectivity index (χ1v) is 7.20. The van der Waals surface area contributed by atoms with Crippen molar-refractivity contribution < 1.29 is 0 Å². The van der Waals surface area contributed by atoms with Gasteiger partial charge in [-0.05, 0) is 32.9 Å². The van der Waals surface area contributed by atoms with E-state index in [1.165, 1.54) is 5.69 Å². The molecule has 0 amide bonds. The molecule has 3 rings (SSSR count). The maximum Gasteiger partial charge on any atom is 0.160 e. The molecule has 3 aromatic rings. The molecular formula is C15H20N6. The molecule has 0 saturated heterocycles. The van der Waals surface area contributed by atoms with Gasteiger partial charge in [0.1, 0.15) is 0 Å². The zero-order valence-corrected chi connectivity index (χ0v) is 12.6. The average molecular weight is 284 g/mol. The standard InChI is InChI=1S/C15H20N6/c1-11(2)21-10-16-8-13(21)9-17-12(3)15-19-18-14-6-4-5-7-20(14)15/h4-8,10-12,17H,9H2,1-3H3. The van der Waals surface area contributed by atoms with Crippen molar-refractivity contribution in [3.63, 3.8) is 0 Å². The highest BCUT2D eigenvalue weighted by Gasteiger charge is 2.13. The minimum Gasteiger partial charge on any atom is -0.331 e. The van der Waals surface area contributed by atoms with Gasteiger partial charge >= 0.3 is 0 Å². The van der Waals surface area contributed by atoms with E-state index in [9.17, 15) is 0 Å². The van der Waals surface area contributed by atoms with Crippen LogP contribution < -0.4 is 5.32 Å². The van der Waals surface area contributed by atoms with E-state index in [1.54, 1.807) is 0 Å². The highest BCUT2D eigenvalue weighted by atomic mass is 15.3. The fourth-order valence-corrected chi connectivity index (χ4v) is 2.44. The summed E-state index contributed by atoms with van der Waals surface area (Å²) < 4.78 is 4.18. The summed E-state index contributed by atoms with van der Waals surface area (Å²) in [5.41, 5.74) is 2.04. The topological polar surface area (TPSA) is 60.0 Å². The molecule has 0 bridgehead atoms. The van der Waals surface area contributed by atoms with Gasteiger partial charge in [0.05, 0.1) is 18.1 Å². The van der Waals surface area contributed by atoms with E-state index < -0.39 is 0 Å². The lowest BCUT2D eigenvalue weighted by molar-refractivity contribution is 0.503. The molecule has 0 radical (unpaired) electrons. The molecule has 0 aliphatic rings. The quantitative estimate of drug-likeness (QED) is 0.781. The van der Waals surface area contributed by atoms with Crippen molar-refractivity contribution in [2.75, 3.05) is 0 Å². The summed E-state index contributed by atoms with van der Waals surface area (Å²) in [7, 11) is 0. The summed E-state index contributed by atoms with van der Waals surface area (Å²) in [5, 5.41) is 12.0. The molecule has 1 unspecified atom stereocenters. The summed E-state index contributed by atoms with van der Waals surface area (Å²) in [5.74, 6) is 0.918. The zero-order chi connectivity index (χ0) is 14.8. The maximum atomic E-state index is 4.28. The molecule has 0 aliphatic carbocycles. The summed E-state index contributed by atoms with van der Waals surface area (Å²) in [6, 6.07) is 6.43. The molecule has 110 valence electrons. The van der Waals surface area contributed by atoms with Crippen molar-refractivity contribution >= 4 is 5.65 Å². The first kappa shape index (κ1) is 13.8. The second kappa shape index (κ2) is 5.65. The molecule has 0 spiro atoms. The van der Waals surface area contributed by atoms with Gasteiger partial charge in [0.2, 0.25) is 0 Å². The lowest BCUT2D eigenvalue weighted by Gasteiger charge is -2.15. The minimum atomic E-state index is 0.109. The number of hydrogen-bond donors (Lipinski definition) is 1. The normalized spacial score (nSPS) is 13.1. The number of nitrogens with zero attached hydrogens (tertiary/aromatic N) is 5. The molecule has 0 aromatic carbocycles. The molecule has 0 aliphatic heterocycles. The number of fused-ring (bicyclic) bond motifs is 1. The summed E-state index contributed by atoms with van der Waals surface area (Å²) in [6.07, 6.45) is 5.77. The van der Waals surface area contributed by atoms with Crippen LogP contribution in [0.1, 0.15) is 44.4 Å². The second-order valence-electron chi connectivity index (χ2n) is 5.48. The Morgan fingerprint density at radius 3 is 2.86 bits per heavy atom. The third kappa shape index (κ3) is 2.67. The molecule has 1 atom stereocenters. The molecule has 6 heteroatoms. The first-order valence-electron chi connectivity index (χ1n) is 7.20. The zero-order valence-electron chi connectivity index (χ0n) is 12.6. The smallest absolute Gasteiger partial charge is 0.160 e. The van der Waals surface area contributed by atoms with Crippen molar-refractivity contribution in [3.8, 4) is 0 Å². The monoisotopic (exact) mass is 284 g/mol. The van der Waals surface area contributed by atoms with Gasteiger partial charge in [0.15, 0.2) is 11.5 Å². The molecule has 6 nitrogen and oxygen atoms in total. The van der Waals surface area contributed by atoms with E-state index in [1.807, 2.05) is 41.3 Å². The van der Waals surface area contributed by atoms with Crippen LogP contribution in [0, 0.1) is 0 Å². The fraction of sp³-hybridized carbons (Fsp3) is 0.400. The predicted octanol–water partition coefficient (Wildman–Crippen LogP) is 2.36. The number of hydrogen-bond acceptors (Lipinski definition) is 4. The van der Waals surface area contributed by atoms with Crippen LogP contribution in [0.25, 0.3) is 5.65 Å². The number of rotatable bonds is 5. The van der Waals surface area contributed by atoms with Crippen LogP contribution in [-0.2, 0) is 6.54 Å². The SMILES string of the molecule is CC(NCc1cncn1C(C)C)c1nnc2ccccn12. The van der Waals surface area contributed by atoms with Crippen molar-refractivity contribution in [2.45, 2.75) is 39.4 Å². The Balaban J connectivity index is 1.74. The molecule has 1 N–H and O–H groups in total. The predicted molar refractivity (Wildman–Crippen MR) is 80.9 cm³/mol. The van der Waals surface area contributed by atoms with Crippen LogP contribution in [0.3, 0.4) is 0 Å². The van der Waals surface area contributed by atoms with Crippen molar-refractivity contribution in [1.82, 2.24) is 29.5 Å². The Morgan fingerprint density at radius 2 is 2.05 bits per heavy atom. The molecule has 0 fully saturated rings. The van der Waals surface area contributed by atoms with E-state index >= 15 is 0 Å². The summed E-state index contributed by atoms with van der Waals surface area (Å²) in [6.45, 7) is 7.15. The summed E-state index contributed by atoms with van der Waals surface area (Å²) in [4.78, 5) is 4.22. The van der Waals surface area contributed by atoms with Gasteiger partial charge in [0, 0.05) is 25.0 Å². The maximum absolute atomic E-state index is 4.28. The van der Waals surface area contributed by atoms with E-state index in [-0.39, 0.29) is 6.04 Å². The van der Waals surface area contributed by atoms with Crippen molar-refractivity contribution in [3.05, 3.63) is 48.4 Å².